The molecule has 1 unspecified atom stereocenters. The molecule has 1 amide bonds. The molecule has 4 heterocycles. The van der Waals surface area contributed by atoms with Crippen molar-refractivity contribution in [1.82, 2.24) is 9.55 Å². The fourth-order valence-electron chi connectivity index (χ4n) is 4.45. The van der Waals surface area contributed by atoms with Crippen LogP contribution in [0.5, 0.6) is 17.2 Å². The molecule has 0 fully saturated rings. The van der Waals surface area contributed by atoms with E-state index in [1.54, 1.807) is 15.7 Å². The lowest BCUT2D eigenvalue weighted by Crippen LogP contribution is -2.42. The largest absolute Gasteiger partial charge is 0.491 e. The van der Waals surface area contributed by atoms with Crippen LogP contribution in [-0.4, -0.2) is 28.9 Å². The summed E-state index contributed by atoms with van der Waals surface area (Å²) in [6, 6.07) is 11.5. The van der Waals surface area contributed by atoms with Crippen molar-refractivity contribution in [3.05, 3.63) is 64.7 Å². The molecule has 7 nitrogen and oxygen atoms in total. The molecular weight excluding hydrogens is 394 g/mol. The summed E-state index contributed by atoms with van der Waals surface area (Å²) >= 11 is 6.10. The molecule has 3 aliphatic heterocycles. The number of carbonyl (C=O) groups is 1. The van der Waals surface area contributed by atoms with Gasteiger partial charge in [0.1, 0.15) is 17.8 Å². The smallest absolute Gasteiger partial charge is 0.246 e. The predicted molar refractivity (Wildman–Crippen MR) is 105 cm³/mol. The Balaban J connectivity index is 1.51. The lowest BCUT2D eigenvalue weighted by Gasteiger charge is -2.23. The highest BCUT2D eigenvalue weighted by Crippen LogP contribution is 2.55. The van der Waals surface area contributed by atoms with Gasteiger partial charge in [0.25, 0.3) is 0 Å². The molecular formula is C21H16ClN3O4. The third kappa shape index (κ3) is 2.08. The minimum absolute atomic E-state index is 0.0337. The molecule has 0 aliphatic carbocycles. The van der Waals surface area contributed by atoms with E-state index >= 15 is 0 Å². The Bertz CT molecular complexity index is 1190. The first kappa shape index (κ1) is 16.7. The fraction of sp³-hybridized carbons (Fsp3) is 0.238. The first-order valence-corrected chi connectivity index (χ1v) is 9.62. The van der Waals surface area contributed by atoms with Crippen molar-refractivity contribution in [2.24, 2.45) is 7.05 Å². The van der Waals surface area contributed by atoms with Gasteiger partial charge in [-0.25, -0.2) is 4.98 Å². The van der Waals surface area contributed by atoms with Crippen LogP contribution in [0, 0.1) is 0 Å². The minimum Gasteiger partial charge on any atom is -0.491 e. The molecule has 0 N–H and O–H groups in total. The quantitative estimate of drug-likeness (QED) is 0.651. The standard InChI is InChI=1S/C21H16ClN3O4/c1-24-12(8-23-20(24)22)9-25-15-5-3-2-4-13(15)21(19(25)26)10-27-16-7-18-17(6-14(16)21)28-11-29-18/h2-8H,9-11H2,1H3. The third-order valence-electron chi connectivity index (χ3n) is 5.99. The van der Waals surface area contributed by atoms with Gasteiger partial charge in [0, 0.05) is 24.4 Å². The van der Waals surface area contributed by atoms with Crippen LogP contribution in [0.3, 0.4) is 0 Å². The summed E-state index contributed by atoms with van der Waals surface area (Å²) in [5.41, 5.74) is 2.54. The van der Waals surface area contributed by atoms with Crippen LogP contribution in [0.4, 0.5) is 5.69 Å². The van der Waals surface area contributed by atoms with E-state index < -0.39 is 5.41 Å². The minimum atomic E-state index is -0.907. The van der Waals surface area contributed by atoms with Crippen molar-refractivity contribution in [2.75, 3.05) is 18.3 Å². The van der Waals surface area contributed by atoms with Gasteiger partial charge in [-0.2, -0.15) is 0 Å². The van der Waals surface area contributed by atoms with Gasteiger partial charge in [-0.05, 0) is 29.3 Å². The SMILES string of the molecule is Cn1c(CN2C(=O)C3(COc4cc5c(cc43)OCO5)c3ccccc32)cnc1Cl. The van der Waals surface area contributed by atoms with E-state index in [2.05, 4.69) is 4.98 Å². The average Bonchev–Trinajstić information content (AvgIpc) is 3.47. The van der Waals surface area contributed by atoms with Gasteiger partial charge in [0.15, 0.2) is 11.5 Å². The summed E-state index contributed by atoms with van der Waals surface area (Å²) in [6.45, 7) is 0.778. The first-order valence-electron chi connectivity index (χ1n) is 9.24. The van der Waals surface area contributed by atoms with E-state index in [0.717, 1.165) is 22.5 Å². The number of fused-ring (bicyclic) bond motifs is 5. The maximum Gasteiger partial charge on any atom is 0.246 e. The number of imidazole rings is 1. The Morgan fingerprint density at radius 3 is 2.69 bits per heavy atom. The number of anilines is 1. The lowest BCUT2D eigenvalue weighted by atomic mass is 9.77. The fourth-order valence-corrected chi connectivity index (χ4v) is 4.61. The number of para-hydroxylation sites is 1. The van der Waals surface area contributed by atoms with Crippen LogP contribution in [0.15, 0.2) is 42.6 Å². The van der Waals surface area contributed by atoms with Crippen molar-refractivity contribution in [2.45, 2.75) is 12.0 Å². The highest BCUT2D eigenvalue weighted by atomic mass is 35.5. The zero-order chi connectivity index (χ0) is 19.8. The number of carbonyl (C=O) groups excluding carboxylic acids is 1. The van der Waals surface area contributed by atoms with Crippen LogP contribution in [0.25, 0.3) is 0 Å². The second kappa shape index (κ2) is 5.67. The molecule has 1 spiro atoms. The number of nitrogens with zero attached hydrogens (tertiary/aromatic N) is 3. The number of hydrogen-bond acceptors (Lipinski definition) is 5. The summed E-state index contributed by atoms with van der Waals surface area (Å²) in [4.78, 5) is 19.8. The number of halogens is 1. The molecule has 1 aromatic heterocycles. The van der Waals surface area contributed by atoms with Gasteiger partial charge in [0.05, 0.1) is 18.4 Å². The van der Waals surface area contributed by atoms with Crippen molar-refractivity contribution in [3.8, 4) is 17.2 Å². The molecule has 0 saturated heterocycles. The molecule has 2 aromatic carbocycles. The number of aromatic nitrogens is 2. The Morgan fingerprint density at radius 2 is 1.90 bits per heavy atom. The first-order chi connectivity index (χ1) is 14.1. The molecule has 8 heteroatoms. The predicted octanol–water partition coefficient (Wildman–Crippen LogP) is 3.03. The monoisotopic (exact) mass is 409 g/mol. The van der Waals surface area contributed by atoms with Gasteiger partial charge in [0.2, 0.25) is 18.0 Å². The lowest BCUT2D eigenvalue weighted by molar-refractivity contribution is -0.122. The topological polar surface area (TPSA) is 65.8 Å². The summed E-state index contributed by atoms with van der Waals surface area (Å²) in [6.07, 6.45) is 1.69. The number of ether oxygens (including phenoxy) is 3. The maximum atomic E-state index is 13.9. The average molecular weight is 410 g/mol. The second-order valence-corrected chi connectivity index (χ2v) is 7.72. The summed E-state index contributed by atoms with van der Waals surface area (Å²) in [5.74, 6) is 1.90. The zero-order valence-corrected chi connectivity index (χ0v) is 16.3. The Morgan fingerprint density at radius 1 is 1.10 bits per heavy atom. The van der Waals surface area contributed by atoms with E-state index in [-0.39, 0.29) is 19.3 Å². The van der Waals surface area contributed by atoms with Gasteiger partial charge in [-0.3, -0.25) is 4.79 Å². The zero-order valence-electron chi connectivity index (χ0n) is 15.5. The highest BCUT2D eigenvalue weighted by Gasteiger charge is 2.57. The Hall–Kier alpha value is -3.19. The molecule has 6 rings (SSSR count). The molecule has 29 heavy (non-hydrogen) atoms. The van der Waals surface area contributed by atoms with Crippen LogP contribution < -0.4 is 19.1 Å². The molecule has 146 valence electrons. The molecule has 3 aromatic rings. The van der Waals surface area contributed by atoms with Crippen LogP contribution >= 0.6 is 11.6 Å². The van der Waals surface area contributed by atoms with Crippen LogP contribution in [-0.2, 0) is 23.8 Å². The van der Waals surface area contributed by atoms with E-state index in [4.69, 9.17) is 25.8 Å². The summed E-state index contributed by atoms with van der Waals surface area (Å²) < 4.78 is 18.8. The number of amides is 1. The Kier molecular flexibility index (Phi) is 3.27. The maximum absolute atomic E-state index is 13.9. The van der Waals surface area contributed by atoms with Gasteiger partial charge in [-0.15, -0.1) is 0 Å². The normalized spacial score (nSPS) is 20.9. The van der Waals surface area contributed by atoms with Gasteiger partial charge >= 0.3 is 0 Å². The molecule has 3 aliphatic rings. The van der Waals surface area contributed by atoms with E-state index in [1.165, 1.54) is 0 Å². The molecule has 1 atom stereocenters. The number of rotatable bonds is 2. The third-order valence-corrected chi connectivity index (χ3v) is 6.34. The molecule has 0 bridgehead atoms. The van der Waals surface area contributed by atoms with Gasteiger partial charge < -0.3 is 23.7 Å². The number of hydrogen-bond donors (Lipinski definition) is 0. The van der Waals surface area contributed by atoms with E-state index in [1.807, 2.05) is 43.4 Å². The van der Waals surface area contributed by atoms with E-state index in [9.17, 15) is 4.79 Å². The van der Waals surface area contributed by atoms with Crippen LogP contribution in [0.1, 0.15) is 16.8 Å². The molecule has 0 saturated carbocycles. The summed E-state index contributed by atoms with van der Waals surface area (Å²) in [7, 11) is 1.83. The van der Waals surface area contributed by atoms with Gasteiger partial charge in [-0.1, -0.05) is 18.2 Å². The van der Waals surface area contributed by atoms with Crippen molar-refractivity contribution >= 4 is 23.2 Å². The summed E-state index contributed by atoms with van der Waals surface area (Å²) in [5, 5.41) is 0.386. The second-order valence-electron chi connectivity index (χ2n) is 7.38. The molecule has 0 radical (unpaired) electrons. The van der Waals surface area contributed by atoms with E-state index in [0.29, 0.717) is 29.1 Å². The van der Waals surface area contributed by atoms with Crippen molar-refractivity contribution < 1.29 is 19.0 Å². The van der Waals surface area contributed by atoms with Crippen molar-refractivity contribution in [1.29, 1.82) is 0 Å². The highest BCUT2D eigenvalue weighted by molar-refractivity contribution is 6.28. The van der Waals surface area contributed by atoms with Crippen LogP contribution in [0.2, 0.25) is 5.28 Å². The Labute approximate surface area is 171 Å². The van der Waals surface area contributed by atoms with Crippen molar-refractivity contribution in [3.63, 3.8) is 0 Å². The number of benzene rings is 2.